The van der Waals surface area contributed by atoms with E-state index in [1.54, 1.807) is 23.1 Å². The van der Waals surface area contributed by atoms with Crippen LogP contribution in [0.4, 0.5) is 5.69 Å². The molecule has 3 aromatic rings. The Labute approximate surface area is 212 Å². The summed E-state index contributed by atoms with van der Waals surface area (Å²) in [4.78, 5) is 14.8. The van der Waals surface area contributed by atoms with Crippen molar-refractivity contribution in [1.29, 1.82) is 5.26 Å². The fraction of sp³-hybridized carbons (Fsp3) is 0.267. The predicted molar refractivity (Wildman–Crippen MR) is 141 cm³/mol. The number of amides is 1. The smallest absolute Gasteiger partial charge is 0.268 e. The molecule has 0 N–H and O–H groups in total. The van der Waals surface area contributed by atoms with E-state index >= 15 is 0 Å². The third-order valence-corrected chi connectivity index (χ3v) is 5.87. The first-order chi connectivity index (χ1) is 17.5. The van der Waals surface area contributed by atoms with Gasteiger partial charge in [0, 0.05) is 12.2 Å². The lowest BCUT2D eigenvalue weighted by atomic mass is 10.1. The molecule has 0 spiro atoms. The summed E-state index contributed by atoms with van der Waals surface area (Å²) >= 11 is 0. The van der Waals surface area contributed by atoms with Crippen molar-refractivity contribution in [2.24, 2.45) is 0 Å². The normalized spacial score (nSPS) is 12.6. The topological polar surface area (TPSA) is 71.8 Å². The van der Waals surface area contributed by atoms with Crippen LogP contribution in [-0.4, -0.2) is 32.3 Å². The molecule has 0 saturated heterocycles. The number of nitriles is 1. The van der Waals surface area contributed by atoms with Gasteiger partial charge in [-0.2, -0.15) is 5.26 Å². The van der Waals surface area contributed by atoms with Crippen LogP contribution in [0, 0.1) is 25.2 Å². The van der Waals surface area contributed by atoms with Crippen LogP contribution in [0.5, 0.6) is 17.2 Å². The van der Waals surface area contributed by atoms with Crippen LogP contribution in [-0.2, 0) is 11.2 Å². The Balaban J connectivity index is 1.44. The SMILES string of the molecule is CCOc1cc(/C=C(\C#N)C(=O)N2CCc3ccccc32)ccc1OCCOc1cc(C)cc(C)c1. The molecule has 0 fully saturated rings. The third-order valence-electron chi connectivity index (χ3n) is 5.87. The first-order valence-corrected chi connectivity index (χ1v) is 12.1. The van der Waals surface area contributed by atoms with E-state index in [4.69, 9.17) is 14.2 Å². The van der Waals surface area contributed by atoms with Crippen molar-refractivity contribution in [3.63, 3.8) is 0 Å². The van der Waals surface area contributed by atoms with Crippen molar-refractivity contribution in [1.82, 2.24) is 0 Å². The molecule has 0 aliphatic carbocycles. The maximum atomic E-state index is 13.1. The molecule has 0 unspecified atom stereocenters. The molecule has 36 heavy (non-hydrogen) atoms. The zero-order chi connectivity index (χ0) is 25.5. The molecule has 0 radical (unpaired) electrons. The highest BCUT2D eigenvalue weighted by atomic mass is 16.5. The Morgan fingerprint density at radius 2 is 1.72 bits per heavy atom. The molecule has 3 aromatic carbocycles. The van der Waals surface area contributed by atoms with Crippen molar-refractivity contribution in [3.8, 4) is 23.3 Å². The molecule has 1 aliphatic heterocycles. The van der Waals surface area contributed by atoms with Gasteiger partial charge in [0.25, 0.3) is 5.91 Å². The number of para-hydroxylation sites is 1. The molecule has 1 amide bonds. The number of aryl methyl sites for hydroxylation is 2. The number of benzene rings is 3. The standard InChI is InChI=1S/C30H30N2O4/c1-4-34-29-19-23(9-10-28(29)36-14-13-35-26-16-21(2)15-22(3)17-26)18-25(20-31)30(33)32-12-11-24-7-5-6-8-27(24)32/h5-10,15-19H,4,11-14H2,1-3H3/b25-18+. The van der Waals surface area contributed by atoms with Gasteiger partial charge in [-0.15, -0.1) is 0 Å². The van der Waals surface area contributed by atoms with Gasteiger partial charge in [-0.1, -0.05) is 30.3 Å². The van der Waals surface area contributed by atoms with Gasteiger partial charge in [-0.05, 0) is 85.9 Å². The molecule has 4 rings (SSSR count). The van der Waals surface area contributed by atoms with Crippen LogP contribution in [0.2, 0.25) is 0 Å². The highest BCUT2D eigenvalue weighted by molar-refractivity contribution is 6.12. The van der Waals surface area contributed by atoms with Crippen LogP contribution in [0.15, 0.2) is 66.2 Å². The lowest BCUT2D eigenvalue weighted by molar-refractivity contribution is -0.114. The van der Waals surface area contributed by atoms with Crippen molar-refractivity contribution < 1.29 is 19.0 Å². The summed E-state index contributed by atoms with van der Waals surface area (Å²) in [5.41, 5.74) is 5.05. The van der Waals surface area contributed by atoms with Gasteiger partial charge < -0.3 is 19.1 Å². The largest absolute Gasteiger partial charge is 0.490 e. The van der Waals surface area contributed by atoms with Crippen molar-refractivity contribution in [2.45, 2.75) is 27.2 Å². The number of carbonyl (C=O) groups excluding carboxylic acids is 1. The third kappa shape index (κ3) is 5.87. The number of rotatable bonds is 9. The molecule has 1 aliphatic rings. The van der Waals surface area contributed by atoms with Gasteiger partial charge in [0.1, 0.15) is 30.6 Å². The van der Waals surface area contributed by atoms with E-state index in [0.717, 1.165) is 34.5 Å². The predicted octanol–water partition coefficient (Wildman–Crippen LogP) is 5.66. The van der Waals surface area contributed by atoms with E-state index in [-0.39, 0.29) is 11.5 Å². The molecule has 0 saturated carbocycles. The number of nitrogens with zero attached hydrogens (tertiary/aromatic N) is 2. The molecule has 0 bridgehead atoms. The number of ether oxygens (including phenoxy) is 3. The highest BCUT2D eigenvalue weighted by Gasteiger charge is 2.26. The Morgan fingerprint density at radius 3 is 2.47 bits per heavy atom. The zero-order valence-electron chi connectivity index (χ0n) is 20.9. The van der Waals surface area contributed by atoms with E-state index in [1.165, 1.54) is 0 Å². The molecular formula is C30H30N2O4. The number of carbonyl (C=O) groups is 1. The number of fused-ring (bicyclic) bond motifs is 1. The molecule has 184 valence electrons. The van der Waals surface area contributed by atoms with E-state index in [0.29, 0.717) is 43.4 Å². The van der Waals surface area contributed by atoms with Gasteiger partial charge in [-0.3, -0.25) is 4.79 Å². The van der Waals surface area contributed by atoms with Crippen LogP contribution in [0.3, 0.4) is 0 Å². The summed E-state index contributed by atoms with van der Waals surface area (Å²) in [5.74, 6) is 1.64. The first-order valence-electron chi connectivity index (χ1n) is 12.1. The highest BCUT2D eigenvalue weighted by Crippen LogP contribution is 2.31. The Kier molecular flexibility index (Phi) is 7.92. The lowest BCUT2D eigenvalue weighted by Gasteiger charge is -2.17. The summed E-state index contributed by atoms with van der Waals surface area (Å²) in [6.45, 7) is 7.73. The lowest BCUT2D eigenvalue weighted by Crippen LogP contribution is -2.29. The van der Waals surface area contributed by atoms with Gasteiger partial charge in [0.15, 0.2) is 11.5 Å². The summed E-state index contributed by atoms with van der Waals surface area (Å²) in [5, 5.41) is 9.73. The molecule has 6 nitrogen and oxygen atoms in total. The number of hydrogen-bond donors (Lipinski definition) is 0. The molecule has 1 heterocycles. The Morgan fingerprint density at radius 1 is 0.972 bits per heavy atom. The average Bonchev–Trinajstić information content (AvgIpc) is 3.29. The molecule has 6 heteroatoms. The second-order valence-electron chi connectivity index (χ2n) is 8.66. The maximum absolute atomic E-state index is 13.1. The van der Waals surface area contributed by atoms with E-state index < -0.39 is 0 Å². The second-order valence-corrected chi connectivity index (χ2v) is 8.66. The summed E-state index contributed by atoms with van der Waals surface area (Å²) in [6, 6.07) is 21.3. The Bertz CT molecular complexity index is 1300. The van der Waals surface area contributed by atoms with Crippen molar-refractivity contribution >= 4 is 17.7 Å². The van der Waals surface area contributed by atoms with Gasteiger partial charge in [0.2, 0.25) is 0 Å². The molecule has 0 aromatic heterocycles. The van der Waals surface area contributed by atoms with Gasteiger partial charge in [-0.25, -0.2) is 0 Å². The monoisotopic (exact) mass is 482 g/mol. The fourth-order valence-electron chi connectivity index (χ4n) is 4.33. The van der Waals surface area contributed by atoms with Crippen molar-refractivity contribution in [2.75, 3.05) is 31.3 Å². The molecule has 0 atom stereocenters. The van der Waals surface area contributed by atoms with Crippen LogP contribution < -0.4 is 19.1 Å². The van der Waals surface area contributed by atoms with Gasteiger partial charge in [0.05, 0.1) is 6.61 Å². The van der Waals surface area contributed by atoms with Crippen LogP contribution in [0.1, 0.15) is 29.2 Å². The quantitative estimate of drug-likeness (QED) is 0.224. The van der Waals surface area contributed by atoms with E-state index in [1.807, 2.05) is 63.2 Å². The summed E-state index contributed by atoms with van der Waals surface area (Å²) in [6.07, 6.45) is 2.38. The Hall–Kier alpha value is -4.24. The molecular weight excluding hydrogens is 452 g/mol. The second kappa shape index (κ2) is 11.5. The minimum absolute atomic E-state index is 0.0738. The first kappa shape index (κ1) is 24.9. The zero-order valence-corrected chi connectivity index (χ0v) is 20.9. The van der Waals surface area contributed by atoms with Crippen molar-refractivity contribution in [3.05, 3.63) is 88.5 Å². The minimum atomic E-state index is -0.302. The fourth-order valence-corrected chi connectivity index (χ4v) is 4.33. The van der Waals surface area contributed by atoms with Gasteiger partial charge >= 0.3 is 0 Å². The number of anilines is 1. The van der Waals surface area contributed by atoms with E-state index in [2.05, 4.69) is 12.1 Å². The maximum Gasteiger partial charge on any atom is 0.268 e. The minimum Gasteiger partial charge on any atom is -0.490 e. The summed E-state index contributed by atoms with van der Waals surface area (Å²) < 4.78 is 17.5. The van der Waals surface area contributed by atoms with Crippen LogP contribution >= 0.6 is 0 Å². The van der Waals surface area contributed by atoms with Crippen LogP contribution in [0.25, 0.3) is 6.08 Å². The number of hydrogen-bond acceptors (Lipinski definition) is 5. The average molecular weight is 483 g/mol. The summed E-state index contributed by atoms with van der Waals surface area (Å²) in [7, 11) is 0. The van der Waals surface area contributed by atoms with E-state index in [9.17, 15) is 10.1 Å².